The predicted molar refractivity (Wildman–Crippen MR) is 91.9 cm³/mol. The van der Waals surface area contributed by atoms with Crippen molar-refractivity contribution < 1.29 is 14.3 Å². The van der Waals surface area contributed by atoms with Gasteiger partial charge in [-0.05, 0) is 44.6 Å². The molecule has 5 heteroatoms. The number of hydrogen-bond donors (Lipinski definition) is 2. The Hall–Kier alpha value is -1.78. The SMILES string of the molecule is CCc1[nH]c(C(=O)NC(C)(C)CC(C)(C)C)c(C)c1C(=O)OC. The van der Waals surface area contributed by atoms with Crippen LogP contribution in [0.15, 0.2) is 0 Å². The van der Waals surface area contributed by atoms with Gasteiger partial charge in [0.05, 0.1) is 12.7 Å². The highest BCUT2D eigenvalue weighted by Gasteiger charge is 2.30. The van der Waals surface area contributed by atoms with Crippen LogP contribution in [0.4, 0.5) is 0 Å². The van der Waals surface area contributed by atoms with Gasteiger partial charge in [0.15, 0.2) is 0 Å². The van der Waals surface area contributed by atoms with Gasteiger partial charge in [-0.3, -0.25) is 4.79 Å². The molecular formula is C18H30N2O3. The summed E-state index contributed by atoms with van der Waals surface area (Å²) in [6.45, 7) is 14.2. The maximum atomic E-state index is 12.7. The highest BCUT2D eigenvalue weighted by molar-refractivity contribution is 6.00. The van der Waals surface area contributed by atoms with E-state index in [9.17, 15) is 9.59 Å². The number of H-pyrrole nitrogens is 1. The van der Waals surface area contributed by atoms with Crippen molar-refractivity contribution in [1.29, 1.82) is 0 Å². The number of nitrogens with one attached hydrogen (secondary N) is 2. The Morgan fingerprint density at radius 3 is 2.17 bits per heavy atom. The van der Waals surface area contributed by atoms with Crippen molar-refractivity contribution in [2.75, 3.05) is 7.11 Å². The summed E-state index contributed by atoms with van der Waals surface area (Å²) in [5.74, 6) is -0.606. The first-order valence-corrected chi connectivity index (χ1v) is 8.04. The van der Waals surface area contributed by atoms with Crippen molar-refractivity contribution in [2.24, 2.45) is 5.41 Å². The lowest BCUT2D eigenvalue weighted by atomic mass is 9.81. The third kappa shape index (κ3) is 4.85. The zero-order valence-corrected chi connectivity index (χ0v) is 15.6. The molecule has 1 heterocycles. The third-order valence-corrected chi connectivity index (χ3v) is 3.72. The Morgan fingerprint density at radius 2 is 1.74 bits per heavy atom. The molecule has 1 aromatic rings. The van der Waals surface area contributed by atoms with E-state index >= 15 is 0 Å². The van der Waals surface area contributed by atoms with Crippen molar-refractivity contribution in [1.82, 2.24) is 10.3 Å². The van der Waals surface area contributed by atoms with Crippen LogP contribution in [0.5, 0.6) is 0 Å². The van der Waals surface area contributed by atoms with Gasteiger partial charge in [0, 0.05) is 11.2 Å². The quantitative estimate of drug-likeness (QED) is 0.813. The van der Waals surface area contributed by atoms with Crippen LogP contribution in [0.25, 0.3) is 0 Å². The summed E-state index contributed by atoms with van der Waals surface area (Å²) < 4.78 is 4.83. The van der Waals surface area contributed by atoms with Crippen LogP contribution in [0.1, 0.15) is 80.1 Å². The number of aromatic amines is 1. The molecule has 0 aliphatic heterocycles. The summed E-state index contributed by atoms with van der Waals surface area (Å²) in [6, 6.07) is 0. The van der Waals surface area contributed by atoms with Gasteiger partial charge in [-0.25, -0.2) is 4.79 Å². The molecule has 0 bridgehead atoms. The minimum Gasteiger partial charge on any atom is -0.465 e. The van der Waals surface area contributed by atoms with Gasteiger partial charge in [-0.2, -0.15) is 0 Å². The van der Waals surface area contributed by atoms with Gasteiger partial charge in [-0.15, -0.1) is 0 Å². The van der Waals surface area contributed by atoms with E-state index in [4.69, 9.17) is 4.74 Å². The minimum atomic E-state index is -0.413. The van der Waals surface area contributed by atoms with E-state index in [1.54, 1.807) is 6.92 Å². The first-order valence-electron chi connectivity index (χ1n) is 8.04. The molecule has 0 spiro atoms. The van der Waals surface area contributed by atoms with Gasteiger partial charge in [-0.1, -0.05) is 27.7 Å². The summed E-state index contributed by atoms with van der Waals surface area (Å²) >= 11 is 0. The Morgan fingerprint density at radius 1 is 1.17 bits per heavy atom. The first kappa shape index (κ1) is 19.3. The normalized spacial score (nSPS) is 12.2. The number of ether oxygens (including phenoxy) is 1. The standard InChI is InChI=1S/C18H30N2O3/c1-9-12-13(16(22)23-8)11(2)14(19-12)15(21)20-18(6,7)10-17(3,4)5/h19H,9-10H2,1-8H3,(H,20,21). The fourth-order valence-electron chi connectivity index (χ4n) is 3.27. The van der Waals surface area contributed by atoms with Crippen LogP contribution < -0.4 is 5.32 Å². The number of aromatic nitrogens is 1. The topological polar surface area (TPSA) is 71.2 Å². The second-order valence-electron chi connectivity index (χ2n) is 7.90. The van der Waals surface area contributed by atoms with Crippen LogP contribution in [-0.2, 0) is 11.2 Å². The lowest BCUT2D eigenvalue weighted by Gasteiger charge is -2.33. The van der Waals surface area contributed by atoms with Crippen LogP contribution in [0, 0.1) is 12.3 Å². The molecule has 130 valence electrons. The number of rotatable bonds is 5. The van der Waals surface area contributed by atoms with Crippen molar-refractivity contribution in [3.05, 3.63) is 22.5 Å². The van der Waals surface area contributed by atoms with Crippen LogP contribution in [-0.4, -0.2) is 29.5 Å². The molecule has 0 aromatic carbocycles. The molecule has 1 rings (SSSR count). The predicted octanol–water partition coefficient (Wildman–Crippen LogP) is 3.62. The molecule has 5 nitrogen and oxygen atoms in total. The van der Waals surface area contributed by atoms with Crippen molar-refractivity contribution in [3.63, 3.8) is 0 Å². The molecule has 0 fully saturated rings. The lowest BCUT2D eigenvalue weighted by Crippen LogP contribution is -2.46. The van der Waals surface area contributed by atoms with E-state index in [0.29, 0.717) is 23.2 Å². The van der Waals surface area contributed by atoms with Crippen molar-refractivity contribution in [3.8, 4) is 0 Å². The highest BCUT2D eigenvalue weighted by atomic mass is 16.5. The lowest BCUT2D eigenvalue weighted by molar-refractivity contribution is 0.0599. The van der Waals surface area contributed by atoms with E-state index in [0.717, 1.165) is 12.1 Å². The molecule has 1 amide bonds. The zero-order valence-electron chi connectivity index (χ0n) is 15.6. The molecule has 0 aliphatic carbocycles. The number of methoxy groups -OCH3 is 1. The molecule has 0 aliphatic rings. The zero-order chi connectivity index (χ0) is 18.0. The first-order chi connectivity index (χ1) is 10.4. The molecule has 0 atom stereocenters. The number of aryl methyl sites for hydroxylation is 1. The van der Waals surface area contributed by atoms with Gasteiger partial charge < -0.3 is 15.0 Å². The average Bonchev–Trinajstić information content (AvgIpc) is 2.71. The van der Waals surface area contributed by atoms with Gasteiger partial charge in [0.25, 0.3) is 5.91 Å². The second-order valence-corrected chi connectivity index (χ2v) is 7.90. The van der Waals surface area contributed by atoms with Crippen molar-refractivity contribution >= 4 is 11.9 Å². The molecule has 0 saturated heterocycles. The Kier molecular flexibility index (Phi) is 5.67. The van der Waals surface area contributed by atoms with E-state index in [1.807, 2.05) is 20.8 Å². The maximum Gasteiger partial charge on any atom is 0.339 e. The largest absolute Gasteiger partial charge is 0.465 e. The van der Waals surface area contributed by atoms with E-state index in [1.165, 1.54) is 7.11 Å². The monoisotopic (exact) mass is 322 g/mol. The summed E-state index contributed by atoms with van der Waals surface area (Å²) in [5, 5.41) is 3.07. The highest BCUT2D eigenvalue weighted by Crippen LogP contribution is 2.27. The molecule has 1 aromatic heterocycles. The number of amides is 1. The molecule has 0 unspecified atom stereocenters. The van der Waals surface area contributed by atoms with Crippen LogP contribution >= 0.6 is 0 Å². The van der Waals surface area contributed by atoms with Crippen LogP contribution in [0.2, 0.25) is 0 Å². The minimum absolute atomic E-state index is 0.104. The maximum absolute atomic E-state index is 12.7. The van der Waals surface area contributed by atoms with E-state index in [2.05, 4.69) is 31.1 Å². The Balaban J connectivity index is 3.10. The summed E-state index contributed by atoms with van der Waals surface area (Å²) in [4.78, 5) is 27.7. The summed E-state index contributed by atoms with van der Waals surface area (Å²) in [6.07, 6.45) is 1.47. The number of carbonyl (C=O) groups is 2. The van der Waals surface area contributed by atoms with E-state index < -0.39 is 5.97 Å². The smallest absolute Gasteiger partial charge is 0.339 e. The number of esters is 1. The molecule has 23 heavy (non-hydrogen) atoms. The van der Waals surface area contributed by atoms with Crippen molar-refractivity contribution in [2.45, 2.75) is 66.8 Å². The second kappa shape index (κ2) is 6.77. The molecular weight excluding hydrogens is 292 g/mol. The summed E-state index contributed by atoms with van der Waals surface area (Å²) in [7, 11) is 1.35. The molecule has 0 saturated carbocycles. The van der Waals surface area contributed by atoms with Gasteiger partial charge in [0.2, 0.25) is 0 Å². The average molecular weight is 322 g/mol. The van der Waals surface area contributed by atoms with E-state index in [-0.39, 0.29) is 16.9 Å². The number of carbonyl (C=O) groups excluding carboxylic acids is 2. The number of hydrogen-bond acceptors (Lipinski definition) is 3. The third-order valence-electron chi connectivity index (χ3n) is 3.72. The fraction of sp³-hybridized carbons (Fsp3) is 0.667. The fourth-order valence-corrected chi connectivity index (χ4v) is 3.27. The summed E-state index contributed by atoms with van der Waals surface area (Å²) in [5.41, 5.74) is 2.03. The van der Waals surface area contributed by atoms with Gasteiger partial charge in [0.1, 0.15) is 5.69 Å². The Labute approximate surface area is 139 Å². The van der Waals surface area contributed by atoms with Crippen LogP contribution in [0.3, 0.4) is 0 Å². The molecule has 0 radical (unpaired) electrons. The van der Waals surface area contributed by atoms with Gasteiger partial charge >= 0.3 is 5.97 Å². The molecule has 2 N–H and O–H groups in total. The Bertz CT molecular complexity index is 592.